The third kappa shape index (κ3) is 3.44. The highest BCUT2D eigenvalue weighted by Crippen LogP contribution is 2.34. The number of nitrogen functional groups attached to an aromatic ring is 1. The molecule has 4 N–H and O–H groups in total. The average molecular weight is 343 g/mol. The Bertz CT molecular complexity index is 727. The smallest absolute Gasteiger partial charge is 0.257 e. The first-order valence-corrected chi connectivity index (χ1v) is 8.47. The van der Waals surface area contributed by atoms with Crippen LogP contribution < -0.4 is 11.5 Å². The Labute approximate surface area is 147 Å². The van der Waals surface area contributed by atoms with Gasteiger partial charge in [0.05, 0.1) is 22.6 Å². The third-order valence-electron chi connectivity index (χ3n) is 5.29. The minimum absolute atomic E-state index is 0.154. The molecule has 1 aromatic rings. The first-order valence-electron chi connectivity index (χ1n) is 8.47. The van der Waals surface area contributed by atoms with E-state index in [0.29, 0.717) is 17.3 Å². The number of hydrogen-bond acceptors (Lipinski definition) is 6. The van der Waals surface area contributed by atoms with Gasteiger partial charge in [-0.2, -0.15) is 0 Å². The number of rotatable bonds is 3. The number of hydrogen-bond donors (Lipinski definition) is 2. The number of likely N-dealkylation sites (N-methyl/N-ethyl adjacent to an activating group) is 1. The molecular weight excluding hydrogens is 318 g/mol. The molecule has 0 saturated carbocycles. The summed E-state index contributed by atoms with van der Waals surface area (Å²) >= 11 is 0. The highest BCUT2D eigenvalue weighted by atomic mass is 16.6. The lowest BCUT2D eigenvalue weighted by molar-refractivity contribution is -0.428. The summed E-state index contributed by atoms with van der Waals surface area (Å²) in [6, 6.07) is 7.48. The summed E-state index contributed by atoms with van der Waals surface area (Å²) in [5, 5.41) is 11.7. The lowest BCUT2D eigenvalue weighted by atomic mass is 9.89. The van der Waals surface area contributed by atoms with E-state index in [-0.39, 0.29) is 17.0 Å². The van der Waals surface area contributed by atoms with Crippen LogP contribution in [-0.4, -0.2) is 53.1 Å². The van der Waals surface area contributed by atoms with E-state index in [1.54, 1.807) is 30.3 Å². The molecule has 25 heavy (non-hydrogen) atoms. The van der Waals surface area contributed by atoms with Crippen LogP contribution in [0.4, 0.5) is 5.69 Å². The Hall–Kier alpha value is -2.22. The van der Waals surface area contributed by atoms with Gasteiger partial charge in [-0.25, -0.2) is 0 Å². The highest BCUT2D eigenvalue weighted by molar-refractivity contribution is 5.77. The largest absolute Gasteiger partial charge is 0.399 e. The Morgan fingerprint density at radius 2 is 1.96 bits per heavy atom. The summed E-state index contributed by atoms with van der Waals surface area (Å²) in [6.07, 6.45) is 3.88. The fraction of sp³-hybridized carbons (Fsp3) is 0.444. The fourth-order valence-electron chi connectivity index (χ4n) is 3.48. The van der Waals surface area contributed by atoms with Crippen LogP contribution in [0.3, 0.4) is 0 Å². The van der Waals surface area contributed by atoms with Gasteiger partial charge in [-0.15, -0.1) is 0 Å². The second-order valence-corrected chi connectivity index (χ2v) is 7.02. The maximum Gasteiger partial charge on any atom is 0.257 e. The molecule has 7 nitrogen and oxygen atoms in total. The van der Waals surface area contributed by atoms with E-state index in [4.69, 9.17) is 11.5 Å². The summed E-state index contributed by atoms with van der Waals surface area (Å²) in [5.41, 5.74) is 13.7. The van der Waals surface area contributed by atoms with Gasteiger partial charge in [0.2, 0.25) is 0 Å². The quantitative estimate of drug-likeness (QED) is 0.490. The van der Waals surface area contributed by atoms with Gasteiger partial charge in [0.25, 0.3) is 5.70 Å². The molecule has 0 bridgehead atoms. The van der Waals surface area contributed by atoms with E-state index in [9.17, 15) is 10.1 Å². The van der Waals surface area contributed by atoms with Gasteiger partial charge in [-0.3, -0.25) is 15.0 Å². The van der Waals surface area contributed by atoms with Crippen molar-refractivity contribution in [2.45, 2.75) is 25.0 Å². The number of allylic oxidation sites excluding steroid dienone is 2. The van der Waals surface area contributed by atoms with Gasteiger partial charge < -0.3 is 16.4 Å². The molecule has 7 heteroatoms. The molecule has 134 valence electrons. The maximum absolute atomic E-state index is 11.7. The standard InChI is InChI=1S/C18H25N5O2/c1-13-12-22(10-9-21(13)2)18(20)8-7-16(17(11-18)23(24)25)14-3-5-15(19)6-4-14/h3-8,13H,9-12,19-20H2,1-2H3. The van der Waals surface area contributed by atoms with Crippen LogP contribution in [0.1, 0.15) is 18.9 Å². The van der Waals surface area contributed by atoms with Gasteiger partial charge in [0, 0.05) is 31.4 Å². The lowest BCUT2D eigenvalue weighted by Crippen LogP contribution is -2.63. The molecule has 1 aromatic carbocycles. The van der Waals surface area contributed by atoms with E-state index in [2.05, 4.69) is 23.8 Å². The summed E-state index contributed by atoms with van der Waals surface area (Å²) in [4.78, 5) is 15.8. The normalized spacial score (nSPS) is 28.4. The van der Waals surface area contributed by atoms with Crippen molar-refractivity contribution in [1.82, 2.24) is 9.80 Å². The van der Waals surface area contributed by atoms with Crippen molar-refractivity contribution in [1.29, 1.82) is 0 Å². The zero-order chi connectivity index (χ0) is 18.2. The van der Waals surface area contributed by atoms with E-state index in [0.717, 1.165) is 25.2 Å². The van der Waals surface area contributed by atoms with E-state index in [1.165, 1.54) is 0 Å². The molecule has 2 aliphatic rings. The van der Waals surface area contributed by atoms with Gasteiger partial charge in [0.1, 0.15) is 0 Å². The molecule has 1 saturated heterocycles. The second-order valence-electron chi connectivity index (χ2n) is 7.02. The van der Waals surface area contributed by atoms with Crippen molar-refractivity contribution in [3.63, 3.8) is 0 Å². The molecule has 1 aliphatic heterocycles. The predicted molar refractivity (Wildman–Crippen MR) is 99.1 cm³/mol. The predicted octanol–water partition coefficient (Wildman–Crippen LogP) is 1.51. The molecule has 1 fully saturated rings. The Morgan fingerprint density at radius 3 is 2.56 bits per heavy atom. The zero-order valence-electron chi connectivity index (χ0n) is 14.7. The monoisotopic (exact) mass is 343 g/mol. The SMILES string of the molecule is CC1CN(C2(N)C=CC(c3ccc(N)cc3)=C([N+](=O)[O-])C2)CCN1C. The zero-order valence-corrected chi connectivity index (χ0v) is 14.7. The van der Waals surface area contributed by atoms with Gasteiger partial charge in [-0.05, 0) is 43.8 Å². The number of nitrogens with zero attached hydrogens (tertiary/aromatic N) is 3. The molecule has 0 amide bonds. The molecule has 0 radical (unpaired) electrons. The molecule has 0 aromatic heterocycles. The van der Waals surface area contributed by atoms with Crippen molar-refractivity contribution in [3.05, 3.63) is 57.8 Å². The van der Waals surface area contributed by atoms with Gasteiger partial charge in [-0.1, -0.05) is 12.1 Å². The molecule has 1 aliphatic carbocycles. The average Bonchev–Trinajstić information content (AvgIpc) is 2.58. The molecule has 3 rings (SSSR count). The van der Waals surface area contributed by atoms with Crippen molar-refractivity contribution in [2.75, 3.05) is 32.4 Å². The molecular formula is C18H25N5O2. The Morgan fingerprint density at radius 1 is 1.28 bits per heavy atom. The summed E-state index contributed by atoms with van der Waals surface area (Å²) in [7, 11) is 2.09. The number of piperazine rings is 1. The van der Waals surface area contributed by atoms with Crippen LogP contribution in [0, 0.1) is 10.1 Å². The number of nitrogens with two attached hydrogens (primary N) is 2. The van der Waals surface area contributed by atoms with Crippen LogP contribution in [0.5, 0.6) is 0 Å². The van der Waals surface area contributed by atoms with Crippen LogP contribution in [0.2, 0.25) is 0 Å². The maximum atomic E-state index is 11.7. The Balaban J connectivity index is 1.90. The summed E-state index contributed by atoms with van der Waals surface area (Å²) < 4.78 is 0. The van der Waals surface area contributed by atoms with Crippen LogP contribution in [0.25, 0.3) is 5.57 Å². The number of benzene rings is 1. The van der Waals surface area contributed by atoms with Crippen LogP contribution >= 0.6 is 0 Å². The Kier molecular flexibility index (Phi) is 4.64. The molecule has 1 heterocycles. The third-order valence-corrected chi connectivity index (χ3v) is 5.29. The van der Waals surface area contributed by atoms with E-state index in [1.807, 2.05) is 6.08 Å². The molecule has 0 spiro atoms. The van der Waals surface area contributed by atoms with Crippen molar-refractivity contribution < 1.29 is 4.92 Å². The second kappa shape index (κ2) is 6.59. The van der Waals surface area contributed by atoms with Crippen LogP contribution in [0.15, 0.2) is 42.1 Å². The van der Waals surface area contributed by atoms with Gasteiger partial charge in [0.15, 0.2) is 0 Å². The molecule has 2 unspecified atom stereocenters. The first kappa shape index (κ1) is 17.6. The first-order chi connectivity index (χ1) is 11.8. The van der Waals surface area contributed by atoms with Crippen molar-refractivity contribution in [3.8, 4) is 0 Å². The minimum atomic E-state index is -0.824. The van der Waals surface area contributed by atoms with Crippen molar-refractivity contribution in [2.24, 2.45) is 5.73 Å². The molecule has 2 atom stereocenters. The van der Waals surface area contributed by atoms with Gasteiger partial charge >= 0.3 is 0 Å². The number of nitro groups is 1. The fourth-order valence-corrected chi connectivity index (χ4v) is 3.48. The highest BCUT2D eigenvalue weighted by Gasteiger charge is 2.41. The van der Waals surface area contributed by atoms with E-state index < -0.39 is 5.66 Å². The van der Waals surface area contributed by atoms with Crippen molar-refractivity contribution >= 4 is 11.3 Å². The minimum Gasteiger partial charge on any atom is -0.399 e. The topological polar surface area (TPSA) is 102 Å². The van der Waals surface area contributed by atoms with E-state index >= 15 is 0 Å². The summed E-state index contributed by atoms with van der Waals surface area (Å²) in [5.74, 6) is 0. The lowest BCUT2D eigenvalue weighted by Gasteiger charge is -2.46. The van der Waals surface area contributed by atoms with Crippen LogP contribution in [-0.2, 0) is 0 Å². The summed E-state index contributed by atoms with van der Waals surface area (Å²) in [6.45, 7) is 4.63. The number of anilines is 1.